The van der Waals surface area contributed by atoms with Crippen LogP contribution in [0.2, 0.25) is 0 Å². The molecule has 6 heteroatoms. The lowest BCUT2D eigenvalue weighted by Gasteiger charge is -2.34. The lowest BCUT2D eigenvalue weighted by molar-refractivity contribution is -0.122. The van der Waals surface area contributed by atoms with Gasteiger partial charge in [0.25, 0.3) is 5.91 Å². The van der Waals surface area contributed by atoms with Gasteiger partial charge in [0.05, 0.1) is 6.54 Å². The minimum absolute atomic E-state index is 0.0000373. The number of benzene rings is 1. The van der Waals surface area contributed by atoms with Gasteiger partial charge >= 0.3 is 0 Å². The second-order valence-electron chi connectivity index (χ2n) is 5.15. The number of anilines is 1. The van der Waals surface area contributed by atoms with Crippen LogP contribution in [0.25, 0.3) is 0 Å². The normalized spacial score (nSPS) is 15.8. The standard InChI is InChI=1S/C15H22N4O2/c1-2-17-14(20)11-18-6-8-19(9-7-18)15(21)12-4-3-5-13(16)10-12/h3-5,10H,2,6-9,11,16H2,1H3,(H,17,20). The molecule has 0 unspecified atom stereocenters. The number of likely N-dealkylation sites (N-methyl/N-ethyl adjacent to an activating group) is 1. The Hall–Kier alpha value is -2.08. The highest BCUT2D eigenvalue weighted by Crippen LogP contribution is 2.11. The average Bonchev–Trinajstić information content (AvgIpc) is 2.47. The van der Waals surface area contributed by atoms with E-state index in [2.05, 4.69) is 10.2 Å². The topological polar surface area (TPSA) is 78.7 Å². The molecule has 114 valence electrons. The molecule has 2 rings (SSSR count). The molecule has 21 heavy (non-hydrogen) atoms. The monoisotopic (exact) mass is 290 g/mol. The molecule has 0 spiro atoms. The van der Waals surface area contributed by atoms with Crippen LogP contribution in [-0.4, -0.2) is 60.9 Å². The summed E-state index contributed by atoms with van der Waals surface area (Å²) in [6.45, 7) is 5.64. The molecule has 0 aliphatic carbocycles. The molecule has 0 saturated carbocycles. The predicted molar refractivity (Wildman–Crippen MR) is 81.9 cm³/mol. The van der Waals surface area contributed by atoms with Crippen LogP contribution < -0.4 is 11.1 Å². The third-order valence-corrected chi connectivity index (χ3v) is 3.53. The highest BCUT2D eigenvalue weighted by molar-refractivity contribution is 5.95. The molecule has 1 heterocycles. The van der Waals surface area contributed by atoms with E-state index in [0.717, 1.165) is 0 Å². The van der Waals surface area contributed by atoms with E-state index in [9.17, 15) is 9.59 Å². The number of hydrogen-bond donors (Lipinski definition) is 2. The van der Waals surface area contributed by atoms with E-state index in [0.29, 0.717) is 50.5 Å². The number of amides is 2. The van der Waals surface area contributed by atoms with Gasteiger partial charge in [-0.05, 0) is 25.1 Å². The Morgan fingerprint density at radius 1 is 1.24 bits per heavy atom. The van der Waals surface area contributed by atoms with Crippen LogP contribution in [0.4, 0.5) is 5.69 Å². The van der Waals surface area contributed by atoms with E-state index in [4.69, 9.17) is 5.73 Å². The van der Waals surface area contributed by atoms with Crippen LogP contribution in [0.5, 0.6) is 0 Å². The van der Waals surface area contributed by atoms with Gasteiger partial charge < -0.3 is 16.0 Å². The van der Waals surface area contributed by atoms with Crippen molar-refractivity contribution in [3.8, 4) is 0 Å². The van der Waals surface area contributed by atoms with Crippen molar-refractivity contribution in [2.24, 2.45) is 0 Å². The molecular formula is C15H22N4O2. The number of nitrogens with two attached hydrogens (primary N) is 1. The average molecular weight is 290 g/mol. The number of piperazine rings is 1. The lowest BCUT2D eigenvalue weighted by Crippen LogP contribution is -2.51. The van der Waals surface area contributed by atoms with Crippen LogP contribution in [0, 0.1) is 0 Å². The summed E-state index contributed by atoms with van der Waals surface area (Å²) in [5.74, 6) is 0.0352. The summed E-state index contributed by atoms with van der Waals surface area (Å²) in [6.07, 6.45) is 0. The molecule has 1 aromatic rings. The summed E-state index contributed by atoms with van der Waals surface area (Å²) < 4.78 is 0. The molecule has 3 N–H and O–H groups in total. The number of nitrogens with one attached hydrogen (secondary N) is 1. The van der Waals surface area contributed by atoms with E-state index in [1.807, 2.05) is 11.8 Å². The fourth-order valence-corrected chi connectivity index (χ4v) is 2.42. The van der Waals surface area contributed by atoms with Crippen molar-refractivity contribution in [1.29, 1.82) is 0 Å². The number of nitrogen functional groups attached to an aromatic ring is 1. The number of hydrogen-bond acceptors (Lipinski definition) is 4. The second kappa shape index (κ2) is 7.08. The molecule has 0 bridgehead atoms. The molecule has 6 nitrogen and oxygen atoms in total. The summed E-state index contributed by atoms with van der Waals surface area (Å²) in [5, 5.41) is 2.78. The Labute approximate surface area is 124 Å². The fraction of sp³-hybridized carbons (Fsp3) is 0.467. The first-order chi connectivity index (χ1) is 10.1. The first kappa shape index (κ1) is 15.3. The van der Waals surface area contributed by atoms with Gasteiger partial charge in [0.2, 0.25) is 5.91 Å². The smallest absolute Gasteiger partial charge is 0.254 e. The molecule has 1 saturated heterocycles. The Morgan fingerprint density at radius 2 is 1.95 bits per heavy atom. The minimum Gasteiger partial charge on any atom is -0.399 e. The van der Waals surface area contributed by atoms with Crippen LogP contribution in [0.3, 0.4) is 0 Å². The van der Waals surface area contributed by atoms with E-state index in [-0.39, 0.29) is 11.8 Å². The predicted octanol–water partition coefficient (Wildman–Crippen LogP) is 0.163. The summed E-state index contributed by atoms with van der Waals surface area (Å²) in [4.78, 5) is 27.8. The van der Waals surface area contributed by atoms with E-state index >= 15 is 0 Å². The molecule has 1 aliphatic rings. The molecule has 0 aromatic heterocycles. The highest BCUT2D eigenvalue weighted by Gasteiger charge is 2.23. The second-order valence-corrected chi connectivity index (χ2v) is 5.15. The van der Waals surface area contributed by atoms with Crippen molar-refractivity contribution in [3.05, 3.63) is 29.8 Å². The van der Waals surface area contributed by atoms with Crippen molar-refractivity contribution in [2.45, 2.75) is 6.92 Å². The van der Waals surface area contributed by atoms with Crippen molar-refractivity contribution < 1.29 is 9.59 Å². The third-order valence-electron chi connectivity index (χ3n) is 3.53. The van der Waals surface area contributed by atoms with Gasteiger partial charge in [0.1, 0.15) is 0 Å². The van der Waals surface area contributed by atoms with Crippen LogP contribution in [0.1, 0.15) is 17.3 Å². The Kier molecular flexibility index (Phi) is 5.16. The maximum absolute atomic E-state index is 12.4. The summed E-state index contributed by atoms with van der Waals surface area (Å²) in [7, 11) is 0. The van der Waals surface area contributed by atoms with E-state index in [1.165, 1.54) is 0 Å². The lowest BCUT2D eigenvalue weighted by atomic mass is 10.1. The number of carbonyl (C=O) groups is 2. The number of rotatable bonds is 4. The van der Waals surface area contributed by atoms with Crippen LogP contribution >= 0.6 is 0 Å². The van der Waals surface area contributed by atoms with Crippen molar-refractivity contribution in [2.75, 3.05) is 45.0 Å². The maximum atomic E-state index is 12.4. The Bertz CT molecular complexity index is 510. The zero-order valence-corrected chi connectivity index (χ0v) is 12.3. The third kappa shape index (κ3) is 4.19. The van der Waals surface area contributed by atoms with Gasteiger partial charge in [-0.3, -0.25) is 14.5 Å². The molecule has 2 amide bonds. The largest absolute Gasteiger partial charge is 0.399 e. The molecular weight excluding hydrogens is 268 g/mol. The summed E-state index contributed by atoms with van der Waals surface area (Å²) >= 11 is 0. The van der Waals surface area contributed by atoms with Gasteiger partial charge in [0.15, 0.2) is 0 Å². The van der Waals surface area contributed by atoms with E-state index in [1.54, 1.807) is 24.3 Å². The zero-order valence-electron chi connectivity index (χ0n) is 12.3. The molecule has 0 atom stereocenters. The first-order valence-electron chi connectivity index (χ1n) is 7.24. The van der Waals surface area contributed by atoms with Crippen molar-refractivity contribution in [1.82, 2.24) is 15.1 Å². The molecule has 1 aromatic carbocycles. The van der Waals surface area contributed by atoms with Crippen LogP contribution in [0.15, 0.2) is 24.3 Å². The fourth-order valence-electron chi connectivity index (χ4n) is 2.42. The first-order valence-corrected chi connectivity index (χ1v) is 7.24. The van der Waals surface area contributed by atoms with Gasteiger partial charge in [-0.15, -0.1) is 0 Å². The van der Waals surface area contributed by atoms with Crippen LogP contribution in [-0.2, 0) is 4.79 Å². The molecule has 1 fully saturated rings. The minimum atomic E-state index is -0.0000373. The highest BCUT2D eigenvalue weighted by atomic mass is 16.2. The summed E-state index contributed by atoms with van der Waals surface area (Å²) in [6, 6.07) is 7.03. The van der Waals surface area contributed by atoms with Crippen molar-refractivity contribution >= 4 is 17.5 Å². The van der Waals surface area contributed by atoms with Crippen molar-refractivity contribution in [3.63, 3.8) is 0 Å². The molecule has 0 radical (unpaired) electrons. The van der Waals surface area contributed by atoms with Gasteiger partial charge in [-0.25, -0.2) is 0 Å². The summed E-state index contributed by atoms with van der Waals surface area (Å²) in [5.41, 5.74) is 6.92. The SMILES string of the molecule is CCNC(=O)CN1CCN(C(=O)c2cccc(N)c2)CC1. The Balaban J connectivity index is 1.86. The molecule has 1 aliphatic heterocycles. The van der Waals surface area contributed by atoms with Gasteiger partial charge in [-0.2, -0.15) is 0 Å². The Morgan fingerprint density at radius 3 is 2.57 bits per heavy atom. The zero-order chi connectivity index (χ0) is 15.2. The maximum Gasteiger partial charge on any atom is 0.254 e. The number of nitrogens with zero attached hydrogens (tertiary/aromatic N) is 2. The van der Waals surface area contributed by atoms with Gasteiger partial charge in [0, 0.05) is 44.0 Å². The van der Waals surface area contributed by atoms with E-state index < -0.39 is 0 Å². The quantitative estimate of drug-likeness (QED) is 0.775. The van der Waals surface area contributed by atoms with Gasteiger partial charge in [-0.1, -0.05) is 6.07 Å². The number of carbonyl (C=O) groups excluding carboxylic acids is 2.